The highest BCUT2D eigenvalue weighted by Crippen LogP contribution is 2.27. The summed E-state index contributed by atoms with van der Waals surface area (Å²) in [7, 11) is 0. The highest BCUT2D eigenvalue weighted by molar-refractivity contribution is 6.30. The number of rotatable bonds is 10. The molecule has 3 aromatic carbocycles. The molecular formula is C29H29ClN4O3. The van der Waals surface area contributed by atoms with Crippen LogP contribution in [-0.4, -0.2) is 40.5 Å². The molecule has 37 heavy (non-hydrogen) atoms. The van der Waals surface area contributed by atoms with Crippen molar-refractivity contribution in [2.24, 2.45) is 0 Å². The minimum absolute atomic E-state index is 0.0162. The molecule has 1 aromatic heterocycles. The van der Waals surface area contributed by atoms with Gasteiger partial charge in [0.15, 0.2) is 6.61 Å². The van der Waals surface area contributed by atoms with Crippen LogP contribution in [0.15, 0.2) is 78.9 Å². The molecule has 0 fully saturated rings. The molecule has 190 valence electrons. The van der Waals surface area contributed by atoms with Crippen molar-refractivity contribution in [1.82, 2.24) is 14.9 Å². The van der Waals surface area contributed by atoms with Crippen molar-refractivity contribution in [2.45, 2.75) is 20.8 Å². The number of hydrogen-bond donors (Lipinski definition) is 1. The van der Waals surface area contributed by atoms with Gasteiger partial charge in [0, 0.05) is 35.1 Å². The number of benzene rings is 3. The molecule has 1 N–H and O–H groups in total. The van der Waals surface area contributed by atoms with E-state index in [1.54, 1.807) is 17.0 Å². The molecule has 4 aromatic rings. The van der Waals surface area contributed by atoms with Crippen molar-refractivity contribution in [3.8, 4) is 28.5 Å². The van der Waals surface area contributed by atoms with Gasteiger partial charge in [-0.25, -0.2) is 9.97 Å². The summed E-state index contributed by atoms with van der Waals surface area (Å²) in [5, 5.41) is 3.91. The molecule has 0 saturated heterocycles. The van der Waals surface area contributed by atoms with Crippen LogP contribution in [-0.2, 0) is 4.79 Å². The largest absolute Gasteiger partial charge is 0.484 e. The van der Waals surface area contributed by atoms with Gasteiger partial charge in [0.2, 0.25) is 5.95 Å². The van der Waals surface area contributed by atoms with Crippen LogP contribution in [0, 0.1) is 6.92 Å². The Balaban J connectivity index is 1.40. The Morgan fingerprint density at radius 1 is 0.865 bits per heavy atom. The first kappa shape index (κ1) is 26.0. The second-order valence-corrected chi connectivity index (χ2v) is 8.74. The van der Waals surface area contributed by atoms with Crippen LogP contribution in [0.3, 0.4) is 0 Å². The van der Waals surface area contributed by atoms with E-state index in [4.69, 9.17) is 21.1 Å². The number of aromatic nitrogens is 2. The fraction of sp³-hybridized carbons (Fsp3) is 0.207. The fourth-order valence-corrected chi connectivity index (χ4v) is 3.81. The van der Waals surface area contributed by atoms with Crippen LogP contribution < -0.4 is 14.8 Å². The first-order valence-electron chi connectivity index (χ1n) is 12.1. The second-order valence-electron chi connectivity index (χ2n) is 8.30. The zero-order valence-electron chi connectivity index (χ0n) is 21.1. The SMILES string of the molecule is CCN(CC)C(=O)COc1ccc(Nc2nc(C)cc(-c3ccc(Oc4ccc(Cl)cc4)cc3)n2)cc1. The van der Waals surface area contributed by atoms with Crippen molar-refractivity contribution < 1.29 is 14.3 Å². The van der Waals surface area contributed by atoms with E-state index in [0.717, 1.165) is 28.4 Å². The van der Waals surface area contributed by atoms with E-state index >= 15 is 0 Å². The number of nitrogens with zero attached hydrogens (tertiary/aromatic N) is 3. The Morgan fingerprint density at radius 2 is 1.46 bits per heavy atom. The van der Waals surface area contributed by atoms with Gasteiger partial charge in [-0.2, -0.15) is 0 Å². The van der Waals surface area contributed by atoms with E-state index in [1.807, 2.05) is 87.5 Å². The first-order chi connectivity index (χ1) is 17.9. The van der Waals surface area contributed by atoms with Crippen molar-refractivity contribution in [3.63, 3.8) is 0 Å². The Hall–Kier alpha value is -4.10. The molecule has 1 heterocycles. The van der Waals surface area contributed by atoms with E-state index in [2.05, 4.69) is 15.3 Å². The number of halogens is 1. The predicted molar refractivity (Wildman–Crippen MR) is 147 cm³/mol. The van der Waals surface area contributed by atoms with Gasteiger partial charge in [-0.15, -0.1) is 0 Å². The zero-order valence-corrected chi connectivity index (χ0v) is 21.8. The molecule has 0 aliphatic carbocycles. The predicted octanol–water partition coefficient (Wildman–Crippen LogP) is 6.89. The van der Waals surface area contributed by atoms with Crippen LogP contribution in [0.1, 0.15) is 19.5 Å². The third-order valence-corrected chi connectivity index (χ3v) is 5.89. The number of likely N-dealkylation sites (N-methyl/N-ethyl adjacent to an activating group) is 1. The number of aryl methyl sites for hydroxylation is 1. The molecule has 0 unspecified atom stereocenters. The lowest BCUT2D eigenvalue weighted by atomic mass is 10.1. The van der Waals surface area contributed by atoms with Gasteiger partial charge >= 0.3 is 0 Å². The zero-order chi connectivity index (χ0) is 26.2. The molecule has 4 rings (SSSR count). The van der Waals surface area contributed by atoms with Crippen molar-refractivity contribution >= 4 is 29.1 Å². The number of carbonyl (C=O) groups is 1. The first-order valence-corrected chi connectivity index (χ1v) is 12.5. The number of ether oxygens (including phenoxy) is 2. The van der Waals surface area contributed by atoms with Crippen molar-refractivity contribution in [1.29, 1.82) is 0 Å². The third-order valence-electron chi connectivity index (χ3n) is 5.64. The van der Waals surface area contributed by atoms with E-state index in [0.29, 0.717) is 35.6 Å². The lowest BCUT2D eigenvalue weighted by Gasteiger charge is -2.18. The van der Waals surface area contributed by atoms with E-state index in [9.17, 15) is 4.79 Å². The van der Waals surface area contributed by atoms with Gasteiger partial charge in [-0.1, -0.05) is 11.6 Å². The van der Waals surface area contributed by atoms with Gasteiger partial charge in [-0.3, -0.25) is 4.79 Å². The summed E-state index contributed by atoms with van der Waals surface area (Å²) in [5.41, 5.74) is 3.39. The summed E-state index contributed by atoms with van der Waals surface area (Å²) in [6.07, 6.45) is 0. The topological polar surface area (TPSA) is 76.6 Å². The van der Waals surface area contributed by atoms with Gasteiger partial charge in [0.25, 0.3) is 5.91 Å². The Bertz CT molecular complexity index is 1320. The Morgan fingerprint density at radius 3 is 2.08 bits per heavy atom. The maximum Gasteiger partial charge on any atom is 0.260 e. The monoisotopic (exact) mass is 516 g/mol. The summed E-state index contributed by atoms with van der Waals surface area (Å²) < 4.78 is 11.5. The number of amides is 1. The van der Waals surface area contributed by atoms with Crippen molar-refractivity contribution in [3.05, 3.63) is 89.6 Å². The van der Waals surface area contributed by atoms with Crippen LogP contribution in [0.5, 0.6) is 17.2 Å². The molecular weight excluding hydrogens is 488 g/mol. The molecule has 0 radical (unpaired) electrons. The maximum absolute atomic E-state index is 12.1. The molecule has 8 heteroatoms. The average molecular weight is 517 g/mol. The molecule has 1 amide bonds. The average Bonchev–Trinajstić information content (AvgIpc) is 2.90. The minimum atomic E-state index is -0.0301. The van der Waals surface area contributed by atoms with Crippen LogP contribution in [0.2, 0.25) is 5.02 Å². The minimum Gasteiger partial charge on any atom is -0.484 e. The van der Waals surface area contributed by atoms with Crippen molar-refractivity contribution in [2.75, 3.05) is 25.0 Å². The standard InChI is InChI=1S/C29H29ClN4O3/c1-4-34(5-2)28(35)19-36-24-16-10-23(11-17-24)32-29-31-20(3)18-27(33-29)21-6-12-25(13-7-21)37-26-14-8-22(30)9-15-26/h6-18H,4-5,19H2,1-3H3,(H,31,32,33). The summed E-state index contributed by atoms with van der Waals surface area (Å²) >= 11 is 5.94. The summed E-state index contributed by atoms with van der Waals surface area (Å²) in [4.78, 5) is 23.1. The van der Waals surface area contributed by atoms with E-state index < -0.39 is 0 Å². The lowest BCUT2D eigenvalue weighted by Crippen LogP contribution is -2.34. The number of nitrogens with one attached hydrogen (secondary N) is 1. The lowest BCUT2D eigenvalue weighted by molar-refractivity contribution is -0.132. The van der Waals surface area contributed by atoms with Crippen LogP contribution >= 0.6 is 11.6 Å². The van der Waals surface area contributed by atoms with Crippen LogP contribution in [0.25, 0.3) is 11.3 Å². The van der Waals surface area contributed by atoms with Gasteiger partial charge in [-0.05, 0) is 99.6 Å². The van der Waals surface area contributed by atoms with Gasteiger partial charge in [0.05, 0.1) is 5.69 Å². The molecule has 0 atom stereocenters. The Labute approximate surface area is 222 Å². The molecule has 0 aliphatic rings. The molecule has 0 saturated carbocycles. The van der Waals surface area contributed by atoms with E-state index in [1.165, 1.54) is 0 Å². The quantitative estimate of drug-likeness (QED) is 0.247. The number of anilines is 2. The van der Waals surface area contributed by atoms with Crippen LogP contribution in [0.4, 0.5) is 11.6 Å². The fourth-order valence-electron chi connectivity index (χ4n) is 3.68. The number of hydrogen-bond acceptors (Lipinski definition) is 6. The maximum atomic E-state index is 12.1. The third kappa shape index (κ3) is 7.21. The molecule has 0 spiro atoms. The second kappa shape index (κ2) is 12.2. The summed E-state index contributed by atoms with van der Waals surface area (Å²) in [6.45, 7) is 7.18. The van der Waals surface area contributed by atoms with E-state index in [-0.39, 0.29) is 12.5 Å². The number of carbonyl (C=O) groups excluding carboxylic acids is 1. The normalized spacial score (nSPS) is 10.6. The smallest absolute Gasteiger partial charge is 0.260 e. The molecule has 7 nitrogen and oxygen atoms in total. The highest BCUT2D eigenvalue weighted by atomic mass is 35.5. The Kier molecular flexibility index (Phi) is 8.59. The summed E-state index contributed by atoms with van der Waals surface area (Å²) in [6, 6.07) is 24.3. The summed E-state index contributed by atoms with van der Waals surface area (Å²) in [5.74, 6) is 2.52. The van der Waals surface area contributed by atoms with Gasteiger partial charge < -0.3 is 19.7 Å². The molecule has 0 bridgehead atoms. The molecule has 0 aliphatic heterocycles. The highest BCUT2D eigenvalue weighted by Gasteiger charge is 2.10. The van der Waals surface area contributed by atoms with Gasteiger partial charge in [0.1, 0.15) is 17.2 Å².